The van der Waals surface area contributed by atoms with E-state index in [1.54, 1.807) is 0 Å². The van der Waals surface area contributed by atoms with Gasteiger partial charge >= 0.3 is 0 Å². The third-order valence-corrected chi connectivity index (χ3v) is 6.39. The number of aliphatic hydroxyl groups excluding tert-OH is 1. The summed E-state index contributed by atoms with van der Waals surface area (Å²) in [5, 5.41) is 23.3. The number of rotatable bonds is 4. The first-order valence-corrected chi connectivity index (χ1v) is 9.56. The Labute approximate surface area is 157 Å². The fourth-order valence-electron chi connectivity index (χ4n) is 4.76. The van der Waals surface area contributed by atoms with Gasteiger partial charge in [0, 0.05) is 24.2 Å². The molecule has 2 fully saturated rings. The molecule has 5 heteroatoms. The molecule has 1 heterocycles. The van der Waals surface area contributed by atoms with E-state index < -0.39 is 11.8 Å². The van der Waals surface area contributed by atoms with Gasteiger partial charge in [-0.15, -0.1) is 0 Å². The predicted octanol–water partition coefficient (Wildman–Crippen LogP) is 2.49. The van der Waals surface area contributed by atoms with Gasteiger partial charge in [0.2, 0.25) is 0 Å². The van der Waals surface area contributed by atoms with Crippen LogP contribution < -0.4 is 5.32 Å². The van der Waals surface area contributed by atoms with Crippen LogP contribution in [0, 0.1) is 16.7 Å². The molecule has 5 nitrogen and oxygen atoms in total. The highest BCUT2D eigenvalue weighted by Gasteiger charge is 2.50. The van der Waals surface area contributed by atoms with Crippen molar-refractivity contribution in [2.75, 3.05) is 27.2 Å². The Bertz CT molecular complexity index is 656. The molecule has 3 rings (SSSR count). The molecule has 1 atom stereocenters. The van der Waals surface area contributed by atoms with Gasteiger partial charge in [0.15, 0.2) is 6.35 Å². The minimum absolute atomic E-state index is 0.0541. The highest BCUT2D eigenvalue weighted by Crippen LogP contribution is 2.46. The number of nitrogens with one attached hydrogen (secondary N) is 1. The molecule has 1 aliphatic heterocycles. The van der Waals surface area contributed by atoms with E-state index in [9.17, 15) is 10.4 Å². The second kappa shape index (κ2) is 6.94. The first kappa shape index (κ1) is 19.3. The minimum Gasteiger partial charge on any atom is -0.365 e. The summed E-state index contributed by atoms with van der Waals surface area (Å²) in [6.07, 6.45) is 3.48. The molecule has 1 aromatic rings. The van der Waals surface area contributed by atoms with Gasteiger partial charge in [0.1, 0.15) is 0 Å². The van der Waals surface area contributed by atoms with Gasteiger partial charge in [-0.25, -0.2) is 0 Å². The Morgan fingerprint density at radius 3 is 2.38 bits per heavy atom. The Hall–Kier alpha value is -1.45. The number of nitriles is 1. The minimum atomic E-state index is -0.661. The molecule has 26 heavy (non-hydrogen) atoms. The molecule has 2 aliphatic rings. The van der Waals surface area contributed by atoms with Gasteiger partial charge in [-0.1, -0.05) is 30.3 Å². The van der Waals surface area contributed by atoms with Crippen molar-refractivity contribution < 1.29 is 5.11 Å². The molecule has 2 N–H and O–H groups in total. The zero-order valence-electron chi connectivity index (χ0n) is 16.5. The molecule has 142 valence electrons. The lowest BCUT2D eigenvalue weighted by atomic mass is 9.69. The fourth-order valence-corrected chi connectivity index (χ4v) is 4.76. The van der Waals surface area contributed by atoms with Gasteiger partial charge in [-0.2, -0.15) is 5.26 Å². The second-order valence-electron chi connectivity index (χ2n) is 8.99. The first-order chi connectivity index (χ1) is 12.2. The Morgan fingerprint density at radius 2 is 1.85 bits per heavy atom. The topological polar surface area (TPSA) is 62.5 Å². The van der Waals surface area contributed by atoms with Gasteiger partial charge in [-0.3, -0.25) is 15.1 Å². The lowest BCUT2D eigenvalue weighted by molar-refractivity contribution is 0.00557. The van der Waals surface area contributed by atoms with Crippen molar-refractivity contribution >= 4 is 0 Å². The molecular formula is C21H32N4O. The van der Waals surface area contributed by atoms with Crippen LogP contribution in [-0.4, -0.2) is 54.0 Å². The summed E-state index contributed by atoms with van der Waals surface area (Å²) in [6, 6.07) is 13.1. The average Bonchev–Trinajstić information content (AvgIpc) is 2.91. The maximum absolute atomic E-state index is 10.5. The van der Waals surface area contributed by atoms with E-state index in [0.29, 0.717) is 6.54 Å². The lowest BCUT2D eigenvalue weighted by Gasteiger charge is -2.49. The number of nitrogens with zero attached hydrogens (tertiary/aromatic N) is 3. The Kier molecular flexibility index (Phi) is 5.15. The van der Waals surface area contributed by atoms with Gasteiger partial charge in [-0.05, 0) is 59.2 Å². The number of hydrogen-bond acceptors (Lipinski definition) is 5. The van der Waals surface area contributed by atoms with Crippen LogP contribution in [0.25, 0.3) is 0 Å². The molecular weight excluding hydrogens is 324 g/mol. The van der Waals surface area contributed by atoms with E-state index >= 15 is 0 Å². The summed E-state index contributed by atoms with van der Waals surface area (Å²) in [7, 11) is 4.34. The van der Waals surface area contributed by atoms with Crippen molar-refractivity contribution in [2.24, 2.45) is 5.41 Å². The molecule has 1 unspecified atom stereocenters. The third-order valence-electron chi connectivity index (χ3n) is 6.39. The van der Waals surface area contributed by atoms with Crippen LogP contribution in [-0.2, 0) is 5.54 Å². The van der Waals surface area contributed by atoms with Crippen LogP contribution in [0.4, 0.5) is 0 Å². The standard InChI is InChI=1S/C21H32N4O/c1-19(2,14-22)15-25-16-20(23-18(25)26)10-12-21(13-11-20,24(3)4)17-8-6-5-7-9-17/h5-9,18,23,26H,10-13,15-16H2,1-4H3. The summed E-state index contributed by atoms with van der Waals surface area (Å²) in [5.74, 6) is 0. The van der Waals surface area contributed by atoms with Gasteiger partial charge < -0.3 is 5.11 Å². The van der Waals surface area contributed by atoms with E-state index in [1.165, 1.54) is 5.56 Å². The second-order valence-corrected chi connectivity index (χ2v) is 8.99. The summed E-state index contributed by atoms with van der Waals surface area (Å²) >= 11 is 0. The predicted molar refractivity (Wildman–Crippen MR) is 103 cm³/mol. The SMILES string of the molecule is CN(C)C1(c2ccccc2)CCC2(CC1)CN(CC(C)(C)C#N)C(O)N2. The monoisotopic (exact) mass is 356 g/mol. The average molecular weight is 357 g/mol. The maximum atomic E-state index is 10.5. The number of benzene rings is 1. The highest BCUT2D eigenvalue weighted by atomic mass is 16.3. The van der Waals surface area contributed by atoms with Crippen LogP contribution in [0.1, 0.15) is 45.1 Å². The molecule has 1 aromatic carbocycles. The summed E-state index contributed by atoms with van der Waals surface area (Å²) in [6.45, 7) is 5.24. The van der Waals surface area contributed by atoms with Crippen LogP contribution in [0.5, 0.6) is 0 Å². The van der Waals surface area contributed by atoms with Crippen LogP contribution >= 0.6 is 0 Å². The maximum Gasteiger partial charge on any atom is 0.163 e. The highest BCUT2D eigenvalue weighted by molar-refractivity contribution is 5.26. The van der Waals surface area contributed by atoms with Crippen LogP contribution in [0.2, 0.25) is 0 Å². The van der Waals surface area contributed by atoms with E-state index in [0.717, 1.165) is 32.2 Å². The molecule has 1 spiro atoms. The van der Waals surface area contributed by atoms with E-state index in [2.05, 4.69) is 60.7 Å². The van der Waals surface area contributed by atoms with Crippen molar-refractivity contribution in [3.63, 3.8) is 0 Å². The van der Waals surface area contributed by atoms with Crippen molar-refractivity contribution in [3.05, 3.63) is 35.9 Å². The largest absolute Gasteiger partial charge is 0.365 e. The van der Waals surface area contributed by atoms with Crippen LogP contribution in [0.15, 0.2) is 30.3 Å². The van der Waals surface area contributed by atoms with E-state index in [-0.39, 0.29) is 11.1 Å². The van der Waals surface area contributed by atoms with Crippen molar-refractivity contribution in [3.8, 4) is 6.07 Å². The zero-order chi connectivity index (χ0) is 19.0. The normalized spacial score (nSPS) is 32.9. The molecule has 0 aromatic heterocycles. The van der Waals surface area contributed by atoms with Crippen molar-refractivity contribution in [1.82, 2.24) is 15.1 Å². The molecule has 1 saturated heterocycles. The van der Waals surface area contributed by atoms with E-state index in [4.69, 9.17) is 0 Å². The Balaban J connectivity index is 1.74. The van der Waals surface area contributed by atoms with Crippen LogP contribution in [0.3, 0.4) is 0 Å². The first-order valence-electron chi connectivity index (χ1n) is 9.56. The molecule has 0 amide bonds. The summed E-state index contributed by atoms with van der Waals surface area (Å²) in [5.41, 5.74) is 0.916. The molecule has 0 radical (unpaired) electrons. The smallest absolute Gasteiger partial charge is 0.163 e. The molecule has 1 saturated carbocycles. The number of hydrogen-bond donors (Lipinski definition) is 2. The summed E-state index contributed by atoms with van der Waals surface area (Å²) in [4.78, 5) is 4.38. The fraction of sp³-hybridized carbons (Fsp3) is 0.667. The van der Waals surface area contributed by atoms with Crippen molar-refractivity contribution in [1.29, 1.82) is 5.26 Å². The number of aliphatic hydroxyl groups is 1. The molecule has 0 bridgehead atoms. The van der Waals surface area contributed by atoms with Gasteiger partial charge in [0.25, 0.3) is 0 Å². The quantitative estimate of drug-likeness (QED) is 0.868. The lowest BCUT2D eigenvalue weighted by Crippen LogP contribution is -2.54. The van der Waals surface area contributed by atoms with E-state index in [1.807, 2.05) is 18.7 Å². The summed E-state index contributed by atoms with van der Waals surface area (Å²) < 4.78 is 0. The van der Waals surface area contributed by atoms with Gasteiger partial charge in [0.05, 0.1) is 11.5 Å². The van der Waals surface area contributed by atoms with Crippen molar-refractivity contribution in [2.45, 2.75) is 57.0 Å². The zero-order valence-corrected chi connectivity index (χ0v) is 16.5. The molecule has 1 aliphatic carbocycles. The third kappa shape index (κ3) is 3.52. The Morgan fingerprint density at radius 1 is 1.23 bits per heavy atom.